The Hall–Kier alpha value is -3.14. The molecular formula is C15H12N2O5. The van der Waals surface area contributed by atoms with Gasteiger partial charge in [-0.1, -0.05) is 0 Å². The monoisotopic (exact) mass is 300 g/mol. The summed E-state index contributed by atoms with van der Waals surface area (Å²) in [4.78, 5) is 35.9. The molecule has 0 amide bonds. The Labute approximate surface area is 125 Å². The van der Waals surface area contributed by atoms with E-state index < -0.39 is 11.9 Å². The Morgan fingerprint density at radius 2 is 1.73 bits per heavy atom. The second-order valence-electron chi connectivity index (χ2n) is 4.39. The fraction of sp³-hybridized carbons (Fsp3) is 0.200. The number of fused-ring (bicyclic) bond motifs is 1. The number of nitrogens with zero attached hydrogens (tertiary/aromatic N) is 2. The Kier molecular flexibility index (Phi) is 3.95. The zero-order valence-electron chi connectivity index (χ0n) is 12.2. The predicted molar refractivity (Wildman–Crippen MR) is 74.8 cm³/mol. The SMILES string of the molecule is COC(=O)c1c(C(=O)OC)c2c(C(C)=O)cccn2c1C#N. The molecule has 0 radical (unpaired) electrons. The summed E-state index contributed by atoms with van der Waals surface area (Å²) in [7, 11) is 2.29. The van der Waals surface area contributed by atoms with Crippen molar-refractivity contribution in [1.29, 1.82) is 5.26 Å². The first-order valence-electron chi connectivity index (χ1n) is 6.22. The van der Waals surface area contributed by atoms with E-state index in [0.29, 0.717) is 0 Å². The molecular weight excluding hydrogens is 288 g/mol. The Balaban J connectivity index is 3.08. The number of esters is 2. The van der Waals surface area contributed by atoms with Crippen LogP contribution in [0.5, 0.6) is 0 Å². The van der Waals surface area contributed by atoms with Crippen molar-refractivity contribution < 1.29 is 23.9 Å². The van der Waals surface area contributed by atoms with Gasteiger partial charge in [0.05, 0.1) is 19.7 Å². The summed E-state index contributed by atoms with van der Waals surface area (Å²) in [5.74, 6) is -1.99. The van der Waals surface area contributed by atoms with E-state index in [1.54, 1.807) is 6.07 Å². The number of methoxy groups -OCH3 is 2. The van der Waals surface area contributed by atoms with Crippen molar-refractivity contribution >= 4 is 23.2 Å². The van der Waals surface area contributed by atoms with Gasteiger partial charge in [-0.05, 0) is 19.1 Å². The summed E-state index contributed by atoms with van der Waals surface area (Å²) in [6, 6.07) is 4.92. The number of carbonyl (C=O) groups is 3. The number of ether oxygens (including phenoxy) is 2. The highest BCUT2D eigenvalue weighted by atomic mass is 16.5. The van der Waals surface area contributed by atoms with Gasteiger partial charge in [-0.15, -0.1) is 0 Å². The molecule has 2 rings (SSSR count). The lowest BCUT2D eigenvalue weighted by Crippen LogP contribution is -2.11. The maximum Gasteiger partial charge on any atom is 0.341 e. The third kappa shape index (κ3) is 2.11. The molecule has 0 aromatic carbocycles. The van der Waals surface area contributed by atoms with E-state index >= 15 is 0 Å². The number of carbonyl (C=O) groups excluding carboxylic acids is 3. The van der Waals surface area contributed by atoms with Crippen LogP contribution >= 0.6 is 0 Å². The van der Waals surface area contributed by atoms with E-state index in [-0.39, 0.29) is 33.7 Å². The summed E-state index contributed by atoms with van der Waals surface area (Å²) >= 11 is 0. The third-order valence-electron chi connectivity index (χ3n) is 3.22. The fourth-order valence-electron chi connectivity index (χ4n) is 2.30. The van der Waals surface area contributed by atoms with Crippen molar-refractivity contribution in [2.45, 2.75) is 6.92 Å². The first-order valence-corrected chi connectivity index (χ1v) is 6.22. The smallest absolute Gasteiger partial charge is 0.341 e. The zero-order chi connectivity index (χ0) is 16.4. The second-order valence-corrected chi connectivity index (χ2v) is 4.39. The van der Waals surface area contributed by atoms with Gasteiger partial charge >= 0.3 is 11.9 Å². The molecule has 22 heavy (non-hydrogen) atoms. The standard InChI is InChI=1S/C15H12N2O5/c1-8(18)9-5-4-6-17-10(7-16)11(14(19)21-2)12(13(9)17)15(20)22-3/h4-6H,1-3H3. The van der Waals surface area contributed by atoms with Crippen LogP contribution in [-0.4, -0.2) is 36.3 Å². The molecule has 0 aliphatic rings. The van der Waals surface area contributed by atoms with Gasteiger partial charge in [0.25, 0.3) is 0 Å². The first-order chi connectivity index (χ1) is 10.5. The Morgan fingerprint density at radius 1 is 1.14 bits per heavy atom. The van der Waals surface area contributed by atoms with E-state index in [1.807, 2.05) is 6.07 Å². The van der Waals surface area contributed by atoms with Gasteiger partial charge in [0.15, 0.2) is 5.78 Å². The van der Waals surface area contributed by atoms with Gasteiger partial charge in [-0.3, -0.25) is 4.79 Å². The minimum absolute atomic E-state index is 0.0923. The molecule has 0 saturated carbocycles. The second kappa shape index (κ2) is 5.69. The fourth-order valence-corrected chi connectivity index (χ4v) is 2.30. The summed E-state index contributed by atoms with van der Waals surface area (Å²) in [6.45, 7) is 1.33. The van der Waals surface area contributed by atoms with Crippen LogP contribution in [0.15, 0.2) is 18.3 Å². The van der Waals surface area contributed by atoms with Gasteiger partial charge < -0.3 is 13.9 Å². The zero-order valence-corrected chi connectivity index (χ0v) is 12.2. The highest BCUT2D eigenvalue weighted by Crippen LogP contribution is 2.28. The maximum atomic E-state index is 12.1. The Bertz CT molecular complexity index is 842. The summed E-state index contributed by atoms with van der Waals surface area (Å²) in [5.41, 5.74) is -0.110. The van der Waals surface area contributed by atoms with Crippen LogP contribution in [0.3, 0.4) is 0 Å². The van der Waals surface area contributed by atoms with Crippen LogP contribution < -0.4 is 0 Å². The summed E-state index contributed by atoms with van der Waals surface area (Å²) < 4.78 is 10.7. The Morgan fingerprint density at radius 3 is 2.23 bits per heavy atom. The van der Waals surface area contributed by atoms with Crippen LogP contribution in [-0.2, 0) is 9.47 Å². The minimum Gasteiger partial charge on any atom is -0.465 e. The van der Waals surface area contributed by atoms with Crippen molar-refractivity contribution in [2.75, 3.05) is 14.2 Å². The van der Waals surface area contributed by atoms with Crippen LogP contribution in [0.2, 0.25) is 0 Å². The lowest BCUT2D eigenvalue weighted by Gasteiger charge is -2.04. The van der Waals surface area contributed by atoms with Crippen LogP contribution in [0, 0.1) is 11.3 Å². The normalized spacial score (nSPS) is 10.1. The van der Waals surface area contributed by atoms with Crippen molar-refractivity contribution in [1.82, 2.24) is 4.40 Å². The molecule has 0 unspecified atom stereocenters. The maximum absolute atomic E-state index is 12.1. The average molecular weight is 300 g/mol. The van der Waals surface area contributed by atoms with E-state index in [2.05, 4.69) is 4.74 Å². The minimum atomic E-state index is -0.852. The number of hydrogen-bond acceptors (Lipinski definition) is 6. The number of ketones is 1. The summed E-state index contributed by atoms with van der Waals surface area (Å²) in [5, 5.41) is 9.34. The molecule has 0 aliphatic heterocycles. The molecule has 0 bridgehead atoms. The molecule has 0 atom stereocenters. The number of nitriles is 1. The molecule has 7 heteroatoms. The molecule has 2 aromatic rings. The third-order valence-corrected chi connectivity index (χ3v) is 3.22. The average Bonchev–Trinajstić information content (AvgIpc) is 2.87. The topological polar surface area (TPSA) is 97.9 Å². The van der Waals surface area contributed by atoms with Crippen molar-refractivity contribution in [2.24, 2.45) is 0 Å². The number of aromatic nitrogens is 1. The molecule has 0 saturated heterocycles. The highest BCUT2D eigenvalue weighted by molar-refractivity contribution is 6.14. The van der Waals surface area contributed by atoms with Gasteiger partial charge in [-0.25, -0.2) is 9.59 Å². The van der Waals surface area contributed by atoms with Gasteiger partial charge in [-0.2, -0.15) is 5.26 Å². The predicted octanol–water partition coefficient (Wildman–Crippen LogP) is 1.59. The number of pyridine rings is 1. The highest BCUT2D eigenvalue weighted by Gasteiger charge is 2.31. The van der Waals surface area contributed by atoms with Crippen molar-refractivity contribution in [3.63, 3.8) is 0 Å². The number of rotatable bonds is 3. The lowest BCUT2D eigenvalue weighted by atomic mass is 10.1. The number of Topliss-reactive ketones (excluding diaryl/α,β-unsaturated/α-hetero) is 1. The molecule has 7 nitrogen and oxygen atoms in total. The van der Waals surface area contributed by atoms with E-state index in [0.717, 1.165) is 14.2 Å². The molecule has 0 N–H and O–H groups in total. The molecule has 0 fully saturated rings. The van der Waals surface area contributed by atoms with Crippen molar-refractivity contribution in [3.05, 3.63) is 40.7 Å². The first kappa shape index (κ1) is 15.3. The van der Waals surface area contributed by atoms with Gasteiger partial charge in [0, 0.05) is 11.8 Å². The quantitative estimate of drug-likeness (QED) is 0.630. The summed E-state index contributed by atoms with van der Waals surface area (Å²) in [6.07, 6.45) is 1.49. The van der Waals surface area contributed by atoms with Crippen molar-refractivity contribution in [3.8, 4) is 6.07 Å². The van der Waals surface area contributed by atoms with Crippen LogP contribution in [0.25, 0.3) is 5.52 Å². The lowest BCUT2D eigenvalue weighted by molar-refractivity contribution is 0.0557. The van der Waals surface area contributed by atoms with Gasteiger partial charge in [0.1, 0.15) is 22.9 Å². The van der Waals surface area contributed by atoms with Crippen LogP contribution in [0.1, 0.15) is 43.7 Å². The van der Waals surface area contributed by atoms with E-state index in [1.165, 1.54) is 23.6 Å². The largest absolute Gasteiger partial charge is 0.465 e. The van der Waals surface area contributed by atoms with Gasteiger partial charge in [0.2, 0.25) is 0 Å². The van der Waals surface area contributed by atoms with E-state index in [4.69, 9.17) is 4.74 Å². The van der Waals surface area contributed by atoms with E-state index in [9.17, 15) is 19.6 Å². The van der Waals surface area contributed by atoms with Crippen LogP contribution in [0.4, 0.5) is 0 Å². The number of hydrogen-bond donors (Lipinski definition) is 0. The molecule has 0 spiro atoms. The molecule has 0 aliphatic carbocycles. The molecule has 2 heterocycles. The molecule has 112 valence electrons. The molecule has 2 aromatic heterocycles.